The summed E-state index contributed by atoms with van der Waals surface area (Å²) < 4.78 is 10.5. The maximum Gasteiger partial charge on any atom is 0.407 e. The Morgan fingerprint density at radius 3 is 2.57 bits per heavy atom. The lowest BCUT2D eigenvalue weighted by molar-refractivity contribution is -0.124. The van der Waals surface area contributed by atoms with Gasteiger partial charge in [0, 0.05) is 18.4 Å². The predicted octanol–water partition coefficient (Wildman–Crippen LogP) is 2.80. The fourth-order valence-electron chi connectivity index (χ4n) is 2.38. The molecule has 1 saturated carbocycles. The first-order valence-electron chi connectivity index (χ1n) is 7.90. The van der Waals surface area contributed by atoms with Gasteiger partial charge in [0.05, 0.1) is 11.8 Å². The third-order valence-electron chi connectivity index (χ3n) is 3.57. The monoisotopic (exact) mass is 322 g/mol. The van der Waals surface area contributed by atoms with Crippen molar-refractivity contribution in [1.29, 1.82) is 0 Å². The minimum Gasteiger partial charge on any atom is -0.469 e. The van der Waals surface area contributed by atoms with Gasteiger partial charge < -0.3 is 19.8 Å². The van der Waals surface area contributed by atoms with Crippen molar-refractivity contribution in [3.05, 3.63) is 24.2 Å². The predicted molar refractivity (Wildman–Crippen MR) is 86.0 cm³/mol. The van der Waals surface area contributed by atoms with E-state index in [9.17, 15) is 9.59 Å². The normalized spacial score (nSPS) is 20.7. The molecule has 1 aliphatic rings. The van der Waals surface area contributed by atoms with E-state index >= 15 is 0 Å². The van der Waals surface area contributed by atoms with Gasteiger partial charge in [-0.25, -0.2) is 4.79 Å². The summed E-state index contributed by atoms with van der Waals surface area (Å²) >= 11 is 0. The van der Waals surface area contributed by atoms with Gasteiger partial charge in [-0.15, -0.1) is 0 Å². The second-order valence-electron chi connectivity index (χ2n) is 7.69. The zero-order valence-corrected chi connectivity index (χ0v) is 14.4. The number of carbonyl (C=O) groups excluding carboxylic acids is 2. The zero-order valence-electron chi connectivity index (χ0n) is 14.4. The fraction of sp³-hybridized carbons (Fsp3) is 0.647. The molecule has 0 unspecified atom stereocenters. The van der Waals surface area contributed by atoms with Gasteiger partial charge in [-0.05, 0) is 53.2 Å². The molecule has 0 saturated heterocycles. The van der Waals surface area contributed by atoms with Crippen molar-refractivity contribution in [2.75, 3.05) is 6.54 Å². The Labute approximate surface area is 137 Å². The molecule has 6 nitrogen and oxygen atoms in total. The SMILES string of the molecule is CC(C)(CNC(=O)OC(C)(C)C)NC(=O)[C@@H]1C[C@@H]1c1ccco1. The minimum atomic E-state index is -0.551. The van der Waals surface area contributed by atoms with Crippen LogP contribution in [0.3, 0.4) is 0 Å². The van der Waals surface area contributed by atoms with Crippen LogP contribution in [0, 0.1) is 5.92 Å². The highest BCUT2D eigenvalue weighted by molar-refractivity contribution is 5.83. The van der Waals surface area contributed by atoms with Crippen LogP contribution in [0.4, 0.5) is 4.79 Å². The van der Waals surface area contributed by atoms with E-state index in [1.165, 1.54) is 0 Å². The molecular weight excluding hydrogens is 296 g/mol. The summed E-state index contributed by atoms with van der Waals surface area (Å²) in [5, 5.41) is 5.67. The van der Waals surface area contributed by atoms with E-state index in [-0.39, 0.29) is 17.7 Å². The Morgan fingerprint density at radius 2 is 2.00 bits per heavy atom. The summed E-state index contributed by atoms with van der Waals surface area (Å²) in [4.78, 5) is 24.0. The van der Waals surface area contributed by atoms with Crippen LogP contribution in [-0.2, 0) is 9.53 Å². The van der Waals surface area contributed by atoms with E-state index in [1.54, 1.807) is 27.0 Å². The van der Waals surface area contributed by atoms with Crippen LogP contribution in [0.1, 0.15) is 52.7 Å². The highest BCUT2D eigenvalue weighted by Crippen LogP contribution is 2.47. The summed E-state index contributed by atoms with van der Waals surface area (Å²) in [6.07, 6.45) is 1.94. The van der Waals surface area contributed by atoms with Gasteiger partial charge in [0.25, 0.3) is 0 Å². The van der Waals surface area contributed by atoms with Crippen molar-refractivity contribution in [2.24, 2.45) is 5.92 Å². The summed E-state index contributed by atoms with van der Waals surface area (Å²) in [6.45, 7) is 9.45. The summed E-state index contributed by atoms with van der Waals surface area (Å²) in [5.41, 5.74) is -1.09. The number of hydrogen-bond donors (Lipinski definition) is 2. The standard InChI is InChI=1S/C17H26N2O4/c1-16(2,3)23-15(21)18-10-17(4,5)19-14(20)12-9-11(12)13-7-6-8-22-13/h6-8,11-12H,9-10H2,1-5H3,(H,18,21)(H,19,20)/t11-,12+/m0/s1. The summed E-state index contributed by atoms with van der Waals surface area (Å²) in [5.74, 6) is 0.957. The van der Waals surface area contributed by atoms with Gasteiger partial charge in [0.1, 0.15) is 11.4 Å². The minimum absolute atomic E-state index is 0.0117. The van der Waals surface area contributed by atoms with E-state index in [1.807, 2.05) is 26.0 Å². The molecule has 1 fully saturated rings. The molecular formula is C17H26N2O4. The van der Waals surface area contributed by atoms with Gasteiger partial charge in [0.2, 0.25) is 5.91 Å². The Morgan fingerprint density at radius 1 is 1.30 bits per heavy atom. The first-order chi connectivity index (χ1) is 10.6. The van der Waals surface area contributed by atoms with Crippen LogP contribution in [0.5, 0.6) is 0 Å². The fourth-order valence-corrected chi connectivity index (χ4v) is 2.38. The van der Waals surface area contributed by atoms with Crippen molar-refractivity contribution in [3.63, 3.8) is 0 Å². The Kier molecular flexibility index (Phi) is 4.73. The van der Waals surface area contributed by atoms with Gasteiger partial charge in [-0.3, -0.25) is 4.79 Å². The lowest BCUT2D eigenvalue weighted by Crippen LogP contribution is -2.52. The van der Waals surface area contributed by atoms with Crippen LogP contribution in [0.2, 0.25) is 0 Å². The molecule has 2 atom stereocenters. The van der Waals surface area contributed by atoms with Crippen LogP contribution in [-0.4, -0.2) is 29.7 Å². The number of furan rings is 1. The van der Waals surface area contributed by atoms with Crippen LogP contribution >= 0.6 is 0 Å². The maximum atomic E-state index is 12.3. The van der Waals surface area contributed by atoms with Crippen molar-refractivity contribution in [1.82, 2.24) is 10.6 Å². The largest absolute Gasteiger partial charge is 0.469 e. The van der Waals surface area contributed by atoms with E-state index in [2.05, 4.69) is 10.6 Å². The van der Waals surface area contributed by atoms with Crippen molar-refractivity contribution < 1.29 is 18.7 Å². The van der Waals surface area contributed by atoms with Crippen LogP contribution in [0.15, 0.2) is 22.8 Å². The number of nitrogens with one attached hydrogen (secondary N) is 2. The number of ether oxygens (including phenoxy) is 1. The molecule has 128 valence electrons. The number of amides is 2. The van der Waals surface area contributed by atoms with Crippen molar-refractivity contribution >= 4 is 12.0 Å². The van der Waals surface area contributed by atoms with Crippen molar-refractivity contribution in [2.45, 2.75) is 58.1 Å². The lowest BCUT2D eigenvalue weighted by Gasteiger charge is -2.28. The molecule has 2 N–H and O–H groups in total. The number of rotatable bonds is 5. The highest BCUT2D eigenvalue weighted by atomic mass is 16.6. The van der Waals surface area contributed by atoms with Gasteiger partial charge in [-0.1, -0.05) is 0 Å². The van der Waals surface area contributed by atoms with E-state index < -0.39 is 17.2 Å². The molecule has 6 heteroatoms. The molecule has 2 rings (SSSR count). The average molecular weight is 322 g/mol. The lowest BCUT2D eigenvalue weighted by atomic mass is 10.1. The van der Waals surface area contributed by atoms with Crippen LogP contribution in [0.25, 0.3) is 0 Å². The molecule has 2 amide bonds. The van der Waals surface area contributed by atoms with Gasteiger partial charge in [-0.2, -0.15) is 0 Å². The van der Waals surface area contributed by atoms with E-state index in [4.69, 9.17) is 9.15 Å². The number of hydrogen-bond acceptors (Lipinski definition) is 4. The smallest absolute Gasteiger partial charge is 0.407 e. The molecule has 0 aliphatic heterocycles. The maximum absolute atomic E-state index is 12.3. The molecule has 1 aromatic rings. The molecule has 0 radical (unpaired) electrons. The molecule has 1 aromatic heterocycles. The van der Waals surface area contributed by atoms with Gasteiger partial charge in [0.15, 0.2) is 0 Å². The van der Waals surface area contributed by atoms with Gasteiger partial charge >= 0.3 is 6.09 Å². The highest BCUT2D eigenvalue weighted by Gasteiger charge is 2.46. The van der Waals surface area contributed by atoms with E-state index in [0.717, 1.165) is 12.2 Å². The average Bonchev–Trinajstić information content (AvgIpc) is 3.01. The quantitative estimate of drug-likeness (QED) is 0.873. The third-order valence-corrected chi connectivity index (χ3v) is 3.57. The number of alkyl carbamates (subject to hydrolysis) is 1. The molecule has 23 heavy (non-hydrogen) atoms. The summed E-state index contributed by atoms with van der Waals surface area (Å²) in [7, 11) is 0. The molecule has 1 heterocycles. The number of carbonyl (C=O) groups is 2. The molecule has 1 aliphatic carbocycles. The molecule has 0 aromatic carbocycles. The molecule has 0 spiro atoms. The van der Waals surface area contributed by atoms with E-state index in [0.29, 0.717) is 6.54 Å². The summed E-state index contributed by atoms with van der Waals surface area (Å²) in [6, 6.07) is 3.73. The Hall–Kier alpha value is -1.98. The third kappa shape index (κ3) is 5.30. The second-order valence-corrected chi connectivity index (χ2v) is 7.69. The Bertz CT molecular complexity index is 558. The van der Waals surface area contributed by atoms with Crippen LogP contribution < -0.4 is 10.6 Å². The molecule has 0 bridgehead atoms. The first-order valence-corrected chi connectivity index (χ1v) is 7.90. The topological polar surface area (TPSA) is 80.6 Å². The Balaban J connectivity index is 1.77. The zero-order chi connectivity index (χ0) is 17.3. The first kappa shape index (κ1) is 17.4. The van der Waals surface area contributed by atoms with Crippen molar-refractivity contribution in [3.8, 4) is 0 Å². The second kappa shape index (κ2) is 6.26.